The number of rotatable bonds is 6. The Kier molecular flexibility index (Phi) is 5.41. The number of carbonyl (C=O) groups is 3. The number of amides is 3. The second kappa shape index (κ2) is 8.17. The maximum Gasteiger partial charge on any atom is 0.263 e. The van der Waals surface area contributed by atoms with E-state index in [1.807, 2.05) is 39.0 Å². The molecule has 0 aromatic heterocycles. The Morgan fingerprint density at radius 2 is 1.81 bits per heavy atom. The predicted molar refractivity (Wildman–Crippen MR) is 114 cm³/mol. The van der Waals surface area contributed by atoms with E-state index >= 15 is 0 Å². The number of benzene rings is 2. The Labute approximate surface area is 179 Å². The smallest absolute Gasteiger partial charge is 0.263 e. The van der Waals surface area contributed by atoms with Gasteiger partial charge in [-0.3, -0.25) is 19.4 Å². The Balaban J connectivity index is 1.46. The standard InChI is InChI=1S/C22H23N5O4/c1-4-31-17-9-7-16(8-10-17)27-21(29)19-20(22(27)30)26(25-24-19)12-18(28)23-15-6-5-13(2)14(3)11-15/h5-11,19-20H,4,12H2,1-3H3,(H,23,28)/t19-,20-/m1/s1. The third kappa shape index (κ3) is 3.86. The van der Waals surface area contributed by atoms with Crippen LogP contribution in [0.15, 0.2) is 52.8 Å². The second-order valence-electron chi connectivity index (χ2n) is 7.48. The molecule has 0 radical (unpaired) electrons. The van der Waals surface area contributed by atoms with Crippen LogP contribution < -0.4 is 15.0 Å². The quantitative estimate of drug-likeness (QED) is 0.722. The molecule has 9 nitrogen and oxygen atoms in total. The fraction of sp³-hybridized carbons (Fsp3) is 0.318. The molecular formula is C22H23N5O4. The summed E-state index contributed by atoms with van der Waals surface area (Å²) >= 11 is 0. The third-order valence-electron chi connectivity index (χ3n) is 5.36. The molecule has 4 rings (SSSR count). The largest absolute Gasteiger partial charge is 0.494 e. The van der Waals surface area contributed by atoms with Gasteiger partial charge in [0.2, 0.25) is 5.91 Å². The van der Waals surface area contributed by atoms with E-state index in [2.05, 4.69) is 15.7 Å². The Hall–Kier alpha value is -3.75. The SMILES string of the molecule is CCOc1ccc(N2C(=O)[C@@H]3N=NN(CC(=O)Nc4ccc(C)c(C)c4)[C@H]3C2=O)cc1. The molecule has 2 atom stereocenters. The van der Waals surface area contributed by atoms with Gasteiger partial charge in [0, 0.05) is 5.69 Å². The minimum absolute atomic E-state index is 0.187. The van der Waals surface area contributed by atoms with Crippen molar-refractivity contribution in [2.24, 2.45) is 10.3 Å². The molecule has 31 heavy (non-hydrogen) atoms. The minimum atomic E-state index is -0.950. The van der Waals surface area contributed by atoms with Crippen LogP contribution in [0, 0.1) is 13.8 Å². The minimum Gasteiger partial charge on any atom is -0.494 e. The molecular weight excluding hydrogens is 398 g/mol. The Morgan fingerprint density at radius 3 is 2.48 bits per heavy atom. The van der Waals surface area contributed by atoms with Crippen molar-refractivity contribution in [3.63, 3.8) is 0 Å². The summed E-state index contributed by atoms with van der Waals surface area (Å²) in [4.78, 5) is 39.4. The zero-order chi connectivity index (χ0) is 22.1. The van der Waals surface area contributed by atoms with Crippen LogP contribution >= 0.6 is 0 Å². The first-order chi connectivity index (χ1) is 14.9. The average Bonchev–Trinajstić information content (AvgIpc) is 3.25. The van der Waals surface area contributed by atoms with Crippen molar-refractivity contribution in [1.29, 1.82) is 0 Å². The Morgan fingerprint density at radius 1 is 1.06 bits per heavy atom. The highest BCUT2D eigenvalue weighted by molar-refractivity contribution is 6.25. The van der Waals surface area contributed by atoms with Crippen LogP contribution in [-0.4, -0.2) is 48.0 Å². The number of nitrogens with one attached hydrogen (secondary N) is 1. The number of anilines is 2. The maximum absolute atomic E-state index is 13.0. The molecule has 1 fully saturated rings. The van der Waals surface area contributed by atoms with Crippen molar-refractivity contribution in [3.05, 3.63) is 53.6 Å². The number of hydrogen-bond donors (Lipinski definition) is 1. The summed E-state index contributed by atoms with van der Waals surface area (Å²) in [6.45, 7) is 6.16. The summed E-state index contributed by atoms with van der Waals surface area (Å²) < 4.78 is 5.40. The molecule has 0 saturated carbocycles. The van der Waals surface area contributed by atoms with Crippen LogP contribution in [0.1, 0.15) is 18.1 Å². The van der Waals surface area contributed by atoms with Gasteiger partial charge >= 0.3 is 0 Å². The van der Waals surface area contributed by atoms with Crippen molar-refractivity contribution in [2.75, 3.05) is 23.4 Å². The molecule has 1 N–H and O–H groups in total. The monoisotopic (exact) mass is 421 g/mol. The van der Waals surface area contributed by atoms with Gasteiger partial charge in [-0.05, 0) is 68.3 Å². The number of carbonyl (C=O) groups excluding carboxylic acids is 3. The van der Waals surface area contributed by atoms with Crippen molar-refractivity contribution in [1.82, 2.24) is 5.01 Å². The van der Waals surface area contributed by atoms with Gasteiger partial charge in [-0.25, -0.2) is 4.90 Å². The third-order valence-corrected chi connectivity index (χ3v) is 5.36. The van der Waals surface area contributed by atoms with Crippen LogP contribution in [0.3, 0.4) is 0 Å². The molecule has 0 bridgehead atoms. The van der Waals surface area contributed by atoms with Gasteiger partial charge in [0.1, 0.15) is 12.3 Å². The summed E-state index contributed by atoms with van der Waals surface area (Å²) in [6, 6.07) is 10.4. The van der Waals surface area contributed by atoms with Gasteiger partial charge in [-0.2, -0.15) is 5.11 Å². The molecule has 2 aromatic rings. The van der Waals surface area contributed by atoms with E-state index in [1.54, 1.807) is 24.3 Å². The molecule has 2 aromatic carbocycles. The van der Waals surface area contributed by atoms with E-state index in [1.165, 1.54) is 5.01 Å². The van der Waals surface area contributed by atoms with E-state index < -0.39 is 23.9 Å². The lowest BCUT2D eigenvalue weighted by Gasteiger charge is -2.20. The molecule has 160 valence electrons. The number of ether oxygens (including phenoxy) is 1. The van der Waals surface area contributed by atoms with E-state index in [9.17, 15) is 14.4 Å². The summed E-state index contributed by atoms with van der Waals surface area (Å²) in [7, 11) is 0. The normalized spacial score (nSPS) is 19.7. The predicted octanol–water partition coefficient (Wildman–Crippen LogP) is 2.63. The molecule has 2 aliphatic heterocycles. The number of hydrogen-bond acceptors (Lipinski definition) is 7. The molecule has 2 heterocycles. The first-order valence-electron chi connectivity index (χ1n) is 10.0. The Bertz CT molecular complexity index is 1070. The van der Waals surface area contributed by atoms with Gasteiger partial charge in [-0.15, -0.1) is 0 Å². The van der Waals surface area contributed by atoms with Crippen LogP contribution in [-0.2, 0) is 14.4 Å². The van der Waals surface area contributed by atoms with Crippen molar-refractivity contribution in [3.8, 4) is 5.75 Å². The molecule has 3 amide bonds. The molecule has 0 unspecified atom stereocenters. The fourth-order valence-electron chi connectivity index (χ4n) is 3.63. The lowest BCUT2D eigenvalue weighted by atomic mass is 10.1. The molecule has 0 spiro atoms. The molecule has 1 saturated heterocycles. The number of nitrogens with zero attached hydrogens (tertiary/aromatic N) is 4. The number of fused-ring (bicyclic) bond motifs is 1. The van der Waals surface area contributed by atoms with E-state index in [-0.39, 0.29) is 12.5 Å². The average molecular weight is 421 g/mol. The molecule has 0 aliphatic carbocycles. The first-order valence-corrected chi connectivity index (χ1v) is 10.0. The highest BCUT2D eigenvalue weighted by Gasteiger charge is 2.55. The van der Waals surface area contributed by atoms with Gasteiger partial charge in [0.15, 0.2) is 12.1 Å². The topological polar surface area (TPSA) is 104 Å². The van der Waals surface area contributed by atoms with Crippen molar-refractivity contribution < 1.29 is 19.1 Å². The highest BCUT2D eigenvalue weighted by atomic mass is 16.5. The summed E-state index contributed by atoms with van der Waals surface area (Å²) in [5.41, 5.74) is 3.27. The van der Waals surface area contributed by atoms with Crippen LogP contribution in [0.25, 0.3) is 0 Å². The van der Waals surface area contributed by atoms with Gasteiger partial charge in [0.05, 0.1) is 12.3 Å². The maximum atomic E-state index is 13.0. The summed E-state index contributed by atoms with van der Waals surface area (Å²) in [5, 5.41) is 11.9. The van der Waals surface area contributed by atoms with E-state index in [0.29, 0.717) is 23.7 Å². The van der Waals surface area contributed by atoms with Crippen LogP contribution in [0.2, 0.25) is 0 Å². The summed E-state index contributed by atoms with van der Waals surface area (Å²) in [5.74, 6) is -0.611. The lowest BCUT2D eigenvalue weighted by molar-refractivity contribution is -0.123. The zero-order valence-corrected chi connectivity index (χ0v) is 17.5. The zero-order valence-electron chi connectivity index (χ0n) is 17.5. The van der Waals surface area contributed by atoms with Gasteiger partial charge in [0.25, 0.3) is 11.8 Å². The number of imide groups is 1. The lowest BCUT2D eigenvalue weighted by Crippen LogP contribution is -2.43. The van der Waals surface area contributed by atoms with Gasteiger partial charge < -0.3 is 10.1 Å². The van der Waals surface area contributed by atoms with Crippen molar-refractivity contribution >= 4 is 29.1 Å². The summed E-state index contributed by atoms with van der Waals surface area (Å²) in [6.07, 6.45) is 0. The van der Waals surface area contributed by atoms with Gasteiger partial charge in [-0.1, -0.05) is 11.3 Å². The molecule has 9 heteroatoms. The molecule has 2 aliphatic rings. The van der Waals surface area contributed by atoms with Crippen LogP contribution in [0.5, 0.6) is 5.75 Å². The first kappa shape index (κ1) is 20.5. The van der Waals surface area contributed by atoms with Crippen molar-refractivity contribution in [2.45, 2.75) is 32.9 Å². The van der Waals surface area contributed by atoms with E-state index in [0.717, 1.165) is 16.0 Å². The number of aryl methyl sites for hydroxylation is 2. The van der Waals surface area contributed by atoms with Crippen LogP contribution in [0.4, 0.5) is 11.4 Å². The second-order valence-corrected chi connectivity index (χ2v) is 7.48. The highest BCUT2D eigenvalue weighted by Crippen LogP contribution is 2.32. The fourth-order valence-corrected chi connectivity index (χ4v) is 3.63. The van der Waals surface area contributed by atoms with E-state index in [4.69, 9.17) is 4.74 Å².